The van der Waals surface area contributed by atoms with Gasteiger partial charge in [-0.25, -0.2) is 4.99 Å². The maximum atomic E-state index is 5.01. The second-order valence-electron chi connectivity index (χ2n) is 7.45. The van der Waals surface area contributed by atoms with Crippen LogP contribution in [0.2, 0.25) is 0 Å². The van der Waals surface area contributed by atoms with E-state index in [4.69, 9.17) is 4.99 Å². The number of nitrogens with zero attached hydrogens (tertiary/aromatic N) is 1. The minimum absolute atomic E-state index is 0.634. The summed E-state index contributed by atoms with van der Waals surface area (Å²) in [4.78, 5) is 8.35. The molecule has 128 valence electrons. The van der Waals surface area contributed by atoms with E-state index < -0.39 is 0 Å². The van der Waals surface area contributed by atoms with Gasteiger partial charge in [0.15, 0.2) is 0 Å². The van der Waals surface area contributed by atoms with E-state index in [2.05, 4.69) is 28.6 Å². The van der Waals surface area contributed by atoms with Gasteiger partial charge in [0, 0.05) is 18.4 Å². The second kappa shape index (κ2) is 7.42. The Labute approximate surface area is 145 Å². The predicted molar refractivity (Wildman–Crippen MR) is 100 cm³/mol. The fourth-order valence-electron chi connectivity index (χ4n) is 4.34. The van der Waals surface area contributed by atoms with Crippen LogP contribution in [-0.2, 0) is 0 Å². The van der Waals surface area contributed by atoms with Gasteiger partial charge in [0.2, 0.25) is 0 Å². The lowest BCUT2D eigenvalue weighted by atomic mass is 9.89. The standard InChI is InChI=1S/C21H29N3/c1-2-4-9-16(10-5-3-1)23-15-20-17-11-6-7-12-18(17)21(24-20)19-13-8-14-22-19/h8,13-16,22-23H,1-7,9-12H2/b20-15+. The number of hydrogen-bond donors (Lipinski definition) is 2. The van der Waals surface area contributed by atoms with Gasteiger partial charge in [0.05, 0.1) is 17.1 Å². The van der Waals surface area contributed by atoms with Crippen LogP contribution in [0.4, 0.5) is 0 Å². The molecule has 1 saturated carbocycles. The molecule has 0 radical (unpaired) electrons. The average Bonchev–Trinajstić information content (AvgIpc) is 3.21. The lowest BCUT2D eigenvalue weighted by Gasteiger charge is -2.20. The molecule has 0 spiro atoms. The highest BCUT2D eigenvalue weighted by atomic mass is 14.9. The van der Waals surface area contributed by atoms with Gasteiger partial charge in [-0.1, -0.05) is 32.1 Å². The smallest absolute Gasteiger partial charge is 0.0907 e. The molecule has 1 aromatic rings. The van der Waals surface area contributed by atoms with Crippen molar-refractivity contribution in [2.75, 3.05) is 0 Å². The van der Waals surface area contributed by atoms with Crippen LogP contribution in [0.5, 0.6) is 0 Å². The van der Waals surface area contributed by atoms with Gasteiger partial charge < -0.3 is 10.3 Å². The quantitative estimate of drug-likeness (QED) is 0.785. The molecular formula is C21H29N3. The SMILES string of the molecule is C(/NC1CCCCCCC1)=C1\N=C(c2ccc[nH]2)C2=C1CCCC2. The summed E-state index contributed by atoms with van der Waals surface area (Å²) in [6.07, 6.45) is 18.7. The van der Waals surface area contributed by atoms with E-state index in [0.717, 1.165) is 0 Å². The first kappa shape index (κ1) is 15.7. The Bertz CT molecular complexity index is 641. The summed E-state index contributed by atoms with van der Waals surface area (Å²) >= 11 is 0. The van der Waals surface area contributed by atoms with Crippen molar-refractivity contribution in [2.45, 2.75) is 76.7 Å². The summed E-state index contributed by atoms with van der Waals surface area (Å²) in [6.45, 7) is 0. The predicted octanol–water partition coefficient (Wildman–Crippen LogP) is 5.23. The largest absolute Gasteiger partial charge is 0.386 e. The molecule has 0 atom stereocenters. The van der Waals surface area contributed by atoms with Crippen molar-refractivity contribution in [3.05, 3.63) is 47.1 Å². The number of hydrogen-bond acceptors (Lipinski definition) is 2. The van der Waals surface area contributed by atoms with Crippen LogP contribution in [0.15, 0.2) is 46.4 Å². The number of aliphatic imine (C=N–C) groups is 1. The summed E-state index contributed by atoms with van der Waals surface area (Å²) in [5.74, 6) is 0. The van der Waals surface area contributed by atoms with Crippen molar-refractivity contribution < 1.29 is 0 Å². The van der Waals surface area contributed by atoms with Crippen molar-refractivity contribution in [2.24, 2.45) is 4.99 Å². The Kier molecular flexibility index (Phi) is 4.86. The van der Waals surface area contributed by atoms with Gasteiger partial charge in [-0.2, -0.15) is 0 Å². The zero-order chi connectivity index (χ0) is 16.2. The Hall–Kier alpha value is -1.77. The van der Waals surface area contributed by atoms with Crippen molar-refractivity contribution in [1.29, 1.82) is 0 Å². The molecule has 4 rings (SSSR count). The number of allylic oxidation sites excluding steroid dienone is 2. The van der Waals surface area contributed by atoms with Gasteiger partial charge in [-0.15, -0.1) is 0 Å². The molecule has 3 nitrogen and oxygen atoms in total. The third kappa shape index (κ3) is 3.35. The minimum Gasteiger partial charge on any atom is -0.386 e. The van der Waals surface area contributed by atoms with E-state index in [1.54, 1.807) is 0 Å². The summed E-state index contributed by atoms with van der Waals surface area (Å²) < 4.78 is 0. The van der Waals surface area contributed by atoms with Crippen molar-refractivity contribution in [1.82, 2.24) is 10.3 Å². The van der Waals surface area contributed by atoms with E-state index in [0.29, 0.717) is 6.04 Å². The van der Waals surface area contributed by atoms with Crippen molar-refractivity contribution in [3.8, 4) is 0 Å². The van der Waals surface area contributed by atoms with Crippen LogP contribution in [0, 0.1) is 0 Å². The van der Waals surface area contributed by atoms with E-state index >= 15 is 0 Å². The van der Waals surface area contributed by atoms with E-state index in [-0.39, 0.29) is 0 Å². The van der Waals surface area contributed by atoms with E-state index in [1.165, 1.54) is 98.9 Å². The van der Waals surface area contributed by atoms with Gasteiger partial charge in [0.1, 0.15) is 0 Å². The monoisotopic (exact) mass is 323 g/mol. The molecule has 2 heterocycles. The molecule has 0 saturated heterocycles. The number of aromatic amines is 1. The molecule has 0 aromatic carbocycles. The van der Waals surface area contributed by atoms with Crippen molar-refractivity contribution in [3.63, 3.8) is 0 Å². The molecule has 0 amide bonds. The number of H-pyrrole nitrogens is 1. The first-order valence-corrected chi connectivity index (χ1v) is 9.83. The number of nitrogens with one attached hydrogen (secondary N) is 2. The third-order valence-corrected chi connectivity index (χ3v) is 5.71. The van der Waals surface area contributed by atoms with E-state index in [9.17, 15) is 0 Å². The van der Waals surface area contributed by atoms with Crippen LogP contribution >= 0.6 is 0 Å². The number of aromatic nitrogens is 1. The zero-order valence-corrected chi connectivity index (χ0v) is 14.6. The molecule has 24 heavy (non-hydrogen) atoms. The topological polar surface area (TPSA) is 40.2 Å². The fourth-order valence-corrected chi connectivity index (χ4v) is 4.34. The first-order valence-electron chi connectivity index (χ1n) is 9.83. The molecule has 3 heteroatoms. The average molecular weight is 323 g/mol. The molecule has 0 unspecified atom stereocenters. The summed E-state index contributed by atoms with van der Waals surface area (Å²) in [7, 11) is 0. The normalized spacial score (nSPS) is 24.5. The second-order valence-corrected chi connectivity index (χ2v) is 7.45. The van der Waals surface area contributed by atoms with Crippen LogP contribution < -0.4 is 5.32 Å². The molecule has 1 aromatic heterocycles. The lowest BCUT2D eigenvalue weighted by Crippen LogP contribution is -2.25. The van der Waals surface area contributed by atoms with Crippen LogP contribution in [0.1, 0.15) is 76.3 Å². The Morgan fingerprint density at radius 3 is 2.46 bits per heavy atom. The highest BCUT2D eigenvalue weighted by molar-refractivity contribution is 6.15. The highest BCUT2D eigenvalue weighted by Crippen LogP contribution is 2.37. The van der Waals surface area contributed by atoms with Crippen LogP contribution in [0.25, 0.3) is 0 Å². The molecule has 2 N–H and O–H groups in total. The Balaban J connectivity index is 1.54. The molecule has 0 bridgehead atoms. The molecular weight excluding hydrogens is 294 g/mol. The number of rotatable bonds is 3. The zero-order valence-electron chi connectivity index (χ0n) is 14.6. The lowest BCUT2D eigenvalue weighted by molar-refractivity contribution is 0.419. The Morgan fingerprint density at radius 1 is 0.958 bits per heavy atom. The van der Waals surface area contributed by atoms with E-state index in [1.807, 2.05) is 6.20 Å². The molecule has 1 fully saturated rings. The van der Waals surface area contributed by atoms with Gasteiger partial charge in [0.25, 0.3) is 0 Å². The summed E-state index contributed by atoms with van der Waals surface area (Å²) in [5.41, 5.74) is 6.51. The van der Waals surface area contributed by atoms with Gasteiger partial charge >= 0.3 is 0 Å². The van der Waals surface area contributed by atoms with Crippen molar-refractivity contribution >= 4 is 5.71 Å². The maximum Gasteiger partial charge on any atom is 0.0907 e. The van der Waals surface area contributed by atoms with Gasteiger partial charge in [-0.05, 0) is 61.8 Å². The molecule has 1 aliphatic heterocycles. The highest BCUT2D eigenvalue weighted by Gasteiger charge is 2.27. The van der Waals surface area contributed by atoms with Crippen LogP contribution in [0.3, 0.4) is 0 Å². The third-order valence-electron chi connectivity index (χ3n) is 5.71. The molecule has 3 aliphatic rings. The maximum absolute atomic E-state index is 5.01. The fraction of sp³-hybridized carbons (Fsp3) is 0.571. The molecule has 2 aliphatic carbocycles. The Morgan fingerprint density at radius 2 is 1.71 bits per heavy atom. The first-order chi connectivity index (χ1) is 11.9. The van der Waals surface area contributed by atoms with Crippen LogP contribution in [-0.4, -0.2) is 16.7 Å². The van der Waals surface area contributed by atoms with Gasteiger partial charge in [-0.3, -0.25) is 0 Å². The minimum atomic E-state index is 0.634. The summed E-state index contributed by atoms with van der Waals surface area (Å²) in [6, 6.07) is 4.84. The summed E-state index contributed by atoms with van der Waals surface area (Å²) in [5, 5.41) is 3.72.